The van der Waals surface area contributed by atoms with Gasteiger partial charge in [-0.25, -0.2) is 0 Å². The summed E-state index contributed by atoms with van der Waals surface area (Å²) in [7, 11) is 0. The van der Waals surface area contributed by atoms with E-state index in [0.29, 0.717) is 0 Å². The Bertz CT molecular complexity index is 10400. The van der Waals surface area contributed by atoms with Crippen molar-refractivity contribution < 1.29 is 0 Å². The zero-order valence-electron chi connectivity index (χ0n) is 78.9. The lowest BCUT2D eigenvalue weighted by Crippen LogP contribution is -2.18. The van der Waals surface area contributed by atoms with E-state index in [1.54, 1.807) is 0 Å². The summed E-state index contributed by atoms with van der Waals surface area (Å²) in [5.74, 6) is 0. The lowest BCUT2D eigenvalue weighted by atomic mass is 9.74. The van der Waals surface area contributed by atoms with Crippen molar-refractivity contribution in [3.63, 3.8) is 0 Å². The standard InChI is InChI=1S/C72H40.C70H48/c1-3-13-41(14-4-1)67-61-39-49-37-59-53-23-9-7-21-51(53)52-22-8-10-24-54(52)60(59)38-50(49)40-62(61)71-68(42-15-5-2-6-16-42)69(57-35-31-47-27-25-43-17-11-19-45-29-33-55(57)65(47)63(43)45)70(72(67)71)58-36-32-48-28-26-44-18-12-20-46-30-34-56(58)66(48)64(44)46;1-69(2)59-35-17-15-29-49(59)51-31-19-33-53(67(51)69)63-62(42-23-9-6-10-24-42)65-58-40-44-38-56-48-28-14-12-26-46(48)45-25-11-13-27-47(45)55(56)37-43(44)39-57(58)61(41-21-7-5-8-22-41)66(65)64(63)54-34-20-32-52-50-30-16-18-36-60(50)70(3,4)68(52)54/h1-40H;5-40H,1-4H3. The summed E-state index contributed by atoms with van der Waals surface area (Å²) in [6.07, 6.45) is 0. The third kappa shape index (κ3) is 10.9. The zero-order valence-corrected chi connectivity index (χ0v) is 78.9. The average molecular weight is 1790 g/mol. The maximum Gasteiger partial charge on any atom is 0.0165 e. The fraction of sp³-hybridized carbons (Fsp3) is 0.0423. The first-order valence-electron chi connectivity index (χ1n) is 50.2. The highest BCUT2D eigenvalue weighted by atomic mass is 14.5. The number of benzene rings is 26. The minimum Gasteiger partial charge on any atom is -0.0622 e. The Balaban J connectivity index is 0.000000130. The van der Waals surface area contributed by atoms with Crippen LogP contribution in [0.25, 0.3) is 229 Å². The van der Waals surface area contributed by atoms with Crippen LogP contribution in [0, 0.1) is 0 Å². The van der Waals surface area contributed by atoms with Gasteiger partial charge in [0.2, 0.25) is 0 Å². The van der Waals surface area contributed by atoms with E-state index in [2.05, 4.69) is 489 Å². The lowest BCUT2D eigenvalue weighted by molar-refractivity contribution is 0.658. The van der Waals surface area contributed by atoms with Crippen molar-refractivity contribution in [2.24, 2.45) is 0 Å². The summed E-state index contributed by atoms with van der Waals surface area (Å²) in [5.41, 5.74) is 41.3. The molecule has 0 bridgehead atoms. The summed E-state index contributed by atoms with van der Waals surface area (Å²) in [6, 6.07) is 175. The summed E-state index contributed by atoms with van der Waals surface area (Å²) in [6.45, 7) is 9.78. The third-order valence-corrected chi connectivity index (χ3v) is 33.3. The number of hydrogen-bond donors (Lipinski definition) is 0. The summed E-state index contributed by atoms with van der Waals surface area (Å²) >= 11 is 0. The molecule has 0 aliphatic heterocycles. The van der Waals surface area contributed by atoms with Gasteiger partial charge in [0.1, 0.15) is 0 Å². The second kappa shape index (κ2) is 29.4. The molecule has 0 aromatic heterocycles. The molecule has 656 valence electrons. The van der Waals surface area contributed by atoms with Crippen molar-refractivity contribution in [1.29, 1.82) is 0 Å². The van der Waals surface area contributed by atoms with E-state index in [9.17, 15) is 0 Å². The van der Waals surface area contributed by atoms with Gasteiger partial charge in [-0.05, 0) is 377 Å². The van der Waals surface area contributed by atoms with Crippen molar-refractivity contribution >= 4 is 207 Å². The highest BCUT2D eigenvalue weighted by molar-refractivity contribution is 6.45. The maximum atomic E-state index is 2.55. The normalized spacial score (nSPS) is 14.8. The van der Waals surface area contributed by atoms with Crippen LogP contribution in [0.4, 0.5) is 0 Å². The molecule has 26 aromatic rings. The van der Waals surface area contributed by atoms with Gasteiger partial charge in [-0.1, -0.05) is 440 Å². The molecule has 0 amide bonds. The van der Waals surface area contributed by atoms with Crippen LogP contribution in [-0.4, -0.2) is 0 Å². The zero-order chi connectivity index (χ0) is 93.4. The van der Waals surface area contributed by atoms with Gasteiger partial charge in [0, 0.05) is 10.8 Å². The van der Waals surface area contributed by atoms with Crippen LogP contribution in [-0.2, 0) is 10.8 Å². The van der Waals surface area contributed by atoms with Gasteiger partial charge in [-0.15, -0.1) is 0 Å². The first kappa shape index (κ1) is 79.4. The Morgan fingerprint density at radius 3 is 0.697 bits per heavy atom. The summed E-state index contributed by atoms with van der Waals surface area (Å²) in [4.78, 5) is 0. The number of hydrogen-bond acceptors (Lipinski definition) is 0. The molecule has 0 atom stereocenters. The fourth-order valence-electron chi connectivity index (χ4n) is 27.5. The Kier molecular flexibility index (Phi) is 16.5. The molecule has 0 radical (unpaired) electrons. The molecule has 6 aliphatic carbocycles. The molecule has 0 heterocycles. The Labute approximate surface area is 822 Å². The SMILES string of the molecule is CC1(C)c2ccccc2-c2cccc(C3=C(c4cccc5c4C(C)(C)c4ccccc4-5)C(c4ccccc4)=C4C3=C(c3ccccc3)c3cc5cc6c7ccccc7c7ccccc7c6cc5cc34)c21.c1ccc(C2=C3C(=C(c4ccccc4)c4cc5cc6c7ccccc7c7ccccc7c6cc5cc43)C(c3ccc4ccc5cccc6ccc3c4c56)=C2c2ccc3ccc4cccc5ccc2c3c45)cc1. The molecule has 0 unspecified atom stereocenters. The minimum absolute atomic E-state index is 0.238. The molecule has 0 saturated carbocycles. The number of rotatable bonds is 8. The van der Waals surface area contributed by atoms with Crippen LogP contribution < -0.4 is 0 Å². The van der Waals surface area contributed by atoms with Crippen molar-refractivity contribution in [3.05, 3.63) is 561 Å². The van der Waals surface area contributed by atoms with E-state index in [0.717, 1.165) is 0 Å². The lowest BCUT2D eigenvalue weighted by Gasteiger charge is -2.28. The Morgan fingerprint density at radius 2 is 0.352 bits per heavy atom. The van der Waals surface area contributed by atoms with Gasteiger partial charge in [0.25, 0.3) is 0 Å². The van der Waals surface area contributed by atoms with Gasteiger partial charge in [0.15, 0.2) is 0 Å². The van der Waals surface area contributed by atoms with Crippen molar-refractivity contribution in [1.82, 2.24) is 0 Å². The second-order valence-electron chi connectivity index (χ2n) is 41.2. The smallest absolute Gasteiger partial charge is 0.0165 e. The minimum atomic E-state index is -0.246. The Hall–Kier alpha value is -17.7. The molecule has 0 spiro atoms. The van der Waals surface area contributed by atoms with Crippen molar-refractivity contribution in [3.8, 4) is 22.3 Å². The summed E-state index contributed by atoms with van der Waals surface area (Å²) < 4.78 is 0. The molecule has 0 fully saturated rings. The van der Waals surface area contributed by atoms with Crippen LogP contribution >= 0.6 is 0 Å². The highest BCUT2D eigenvalue weighted by Gasteiger charge is 2.49. The van der Waals surface area contributed by atoms with Gasteiger partial charge >= 0.3 is 0 Å². The highest BCUT2D eigenvalue weighted by Crippen LogP contribution is 2.69. The Morgan fingerprint density at radius 1 is 0.120 bits per heavy atom. The first-order chi connectivity index (χ1) is 70.0. The predicted octanol–water partition coefficient (Wildman–Crippen LogP) is 37.7. The molecule has 0 saturated heterocycles. The molecule has 26 aromatic carbocycles. The van der Waals surface area contributed by atoms with Crippen molar-refractivity contribution in [2.75, 3.05) is 0 Å². The van der Waals surface area contributed by atoms with Crippen LogP contribution in [0.5, 0.6) is 0 Å². The van der Waals surface area contributed by atoms with E-state index >= 15 is 0 Å². The van der Waals surface area contributed by atoms with Gasteiger partial charge in [-0.3, -0.25) is 0 Å². The summed E-state index contributed by atoms with van der Waals surface area (Å²) in [5, 5.41) is 36.0. The van der Waals surface area contributed by atoms with E-state index < -0.39 is 0 Å². The number of fused-ring (bicyclic) bond motifs is 26. The monoisotopic (exact) mass is 1790 g/mol. The van der Waals surface area contributed by atoms with Gasteiger partial charge in [0.05, 0.1) is 0 Å². The fourth-order valence-corrected chi connectivity index (χ4v) is 27.5. The van der Waals surface area contributed by atoms with Crippen LogP contribution in [0.3, 0.4) is 0 Å². The first-order valence-corrected chi connectivity index (χ1v) is 50.2. The van der Waals surface area contributed by atoms with Crippen LogP contribution in [0.1, 0.15) is 117 Å². The third-order valence-electron chi connectivity index (χ3n) is 33.3. The quantitative estimate of drug-likeness (QED) is 0.105. The van der Waals surface area contributed by atoms with Crippen molar-refractivity contribution in [2.45, 2.75) is 38.5 Å². The van der Waals surface area contributed by atoms with E-state index in [1.165, 1.54) is 329 Å². The van der Waals surface area contributed by atoms with E-state index in [1.807, 2.05) is 0 Å². The molecule has 6 aliphatic rings. The molecular weight excluding hydrogens is 1710 g/mol. The number of allylic oxidation sites excluding steroid dienone is 10. The maximum absolute atomic E-state index is 2.55. The van der Waals surface area contributed by atoms with Crippen LogP contribution in [0.15, 0.2) is 472 Å². The topological polar surface area (TPSA) is 0 Å². The van der Waals surface area contributed by atoms with E-state index in [4.69, 9.17) is 0 Å². The molecule has 142 heavy (non-hydrogen) atoms. The largest absolute Gasteiger partial charge is 0.0622 e. The van der Waals surface area contributed by atoms with Gasteiger partial charge in [-0.2, -0.15) is 0 Å². The molecule has 32 rings (SSSR count). The second-order valence-corrected chi connectivity index (χ2v) is 41.2. The molecule has 0 N–H and O–H groups in total. The van der Waals surface area contributed by atoms with E-state index in [-0.39, 0.29) is 10.8 Å². The van der Waals surface area contributed by atoms with Crippen LogP contribution in [0.2, 0.25) is 0 Å². The predicted molar refractivity (Wildman–Crippen MR) is 606 cm³/mol. The molecule has 0 nitrogen and oxygen atoms in total. The van der Waals surface area contributed by atoms with Gasteiger partial charge < -0.3 is 0 Å². The average Bonchev–Trinajstić information content (AvgIpc) is 1.51. The molecular formula is C142H88. The molecule has 0 heteroatoms.